The Kier molecular flexibility index (Phi) is 35.5. The first-order valence-corrected chi connectivity index (χ1v) is 25.0. The van der Waals surface area contributed by atoms with E-state index in [0.29, 0.717) is 19.4 Å². The van der Waals surface area contributed by atoms with E-state index in [9.17, 15) is 40.5 Å². The topological polar surface area (TPSA) is 214 Å². The fourth-order valence-corrected chi connectivity index (χ4v) is 7.37. The lowest BCUT2D eigenvalue weighted by molar-refractivity contribution is -0.332. The molecule has 0 aromatic heterocycles. The summed E-state index contributed by atoms with van der Waals surface area (Å²) in [4.78, 5) is 13.0. The van der Waals surface area contributed by atoms with Gasteiger partial charge in [-0.15, -0.1) is 0 Å². The van der Waals surface area contributed by atoms with Gasteiger partial charge >= 0.3 is 5.97 Å². The molecule has 2 aliphatic heterocycles. The van der Waals surface area contributed by atoms with Crippen molar-refractivity contribution in [3.8, 4) is 0 Å². The van der Waals surface area contributed by atoms with Gasteiger partial charge in [-0.25, -0.2) is 0 Å². The van der Waals surface area contributed by atoms with Crippen molar-refractivity contribution in [2.75, 3.05) is 33.0 Å². The zero-order chi connectivity index (χ0) is 48.0. The molecule has 0 aromatic carbocycles. The number of allylic oxidation sites excluding steroid dienone is 12. The minimum absolute atomic E-state index is 0.0308. The third-order valence-electron chi connectivity index (χ3n) is 11.4. The molecule has 2 heterocycles. The van der Waals surface area contributed by atoms with Gasteiger partial charge in [0.1, 0.15) is 54.9 Å². The van der Waals surface area contributed by atoms with Crippen LogP contribution in [0.5, 0.6) is 0 Å². The highest BCUT2D eigenvalue weighted by atomic mass is 16.7. The molecule has 380 valence electrons. The van der Waals surface area contributed by atoms with Crippen molar-refractivity contribution in [1.29, 1.82) is 0 Å². The van der Waals surface area contributed by atoms with Crippen LogP contribution < -0.4 is 0 Å². The van der Waals surface area contributed by atoms with Crippen molar-refractivity contribution < 1.29 is 69.0 Å². The van der Waals surface area contributed by atoms with Gasteiger partial charge in [-0.1, -0.05) is 138 Å². The van der Waals surface area contributed by atoms with Crippen molar-refractivity contribution >= 4 is 5.97 Å². The molecule has 0 amide bonds. The summed E-state index contributed by atoms with van der Waals surface area (Å²) >= 11 is 0. The van der Waals surface area contributed by atoms with Gasteiger partial charge in [0.25, 0.3) is 0 Å². The smallest absolute Gasteiger partial charge is 0.306 e. The van der Waals surface area contributed by atoms with Gasteiger partial charge in [0.15, 0.2) is 12.6 Å². The second-order valence-electron chi connectivity index (χ2n) is 17.3. The van der Waals surface area contributed by atoms with E-state index in [2.05, 4.69) is 80.7 Å². The Balaban J connectivity index is 1.82. The van der Waals surface area contributed by atoms with Crippen molar-refractivity contribution in [2.45, 2.75) is 216 Å². The second kappa shape index (κ2) is 39.3. The quantitative estimate of drug-likeness (QED) is 0.0187. The first kappa shape index (κ1) is 59.6. The van der Waals surface area contributed by atoms with E-state index in [1.165, 1.54) is 51.4 Å². The third-order valence-corrected chi connectivity index (χ3v) is 11.4. The predicted molar refractivity (Wildman–Crippen MR) is 256 cm³/mol. The number of hydrogen-bond acceptors (Lipinski definition) is 14. The highest BCUT2D eigenvalue weighted by molar-refractivity contribution is 5.69. The van der Waals surface area contributed by atoms with Gasteiger partial charge in [-0.2, -0.15) is 0 Å². The summed E-state index contributed by atoms with van der Waals surface area (Å²) < 4.78 is 34.2. The Bertz CT molecular complexity index is 1360. The number of aliphatic hydroxyl groups excluding tert-OH is 7. The zero-order valence-corrected chi connectivity index (χ0v) is 40.2. The lowest BCUT2D eigenvalue weighted by atomic mass is 9.98. The predicted octanol–water partition coefficient (Wildman–Crippen LogP) is 7.12. The van der Waals surface area contributed by atoms with Crippen LogP contribution in [0.3, 0.4) is 0 Å². The highest BCUT2D eigenvalue weighted by Crippen LogP contribution is 2.26. The number of esters is 1. The van der Waals surface area contributed by atoms with E-state index in [1.54, 1.807) is 0 Å². The third kappa shape index (κ3) is 26.8. The number of unbranched alkanes of at least 4 members (excludes halogenated alkanes) is 12. The molecule has 11 unspecified atom stereocenters. The molecule has 0 aromatic rings. The summed E-state index contributed by atoms with van der Waals surface area (Å²) in [5, 5.41) is 72.1. The largest absolute Gasteiger partial charge is 0.457 e. The fraction of sp³-hybridized carbons (Fsp3) is 0.750. The van der Waals surface area contributed by atoms with Crippen LogP contribution in [0.25, 0.3) is 0 Å². The fourth-order valence-electron chi connectivity index (χ4n) is 7.37. The average Bonchev–Trinajstić information content (AvgIpc) is 3.31. The van der Waals surface area contributed by atoms with Crippen LogP contribution >= 0.6 is 0 Å². The molecular weight excluding hydrogens is 849 g/mol. The van der Waals surface area contributed by atoms with E-state index in [0.717, 1.165) is 64.2 Å². The molecule has 14 nitrogen and oxygen atoms in total. The molecular formula is C52H88O14. The van der Waals surface area contributed by atoms with Crippen molar-refractivity contribution in [3.05, 3.63) is 72.9 Å². The van der Waals surface area contributed by atoms with Gasteiger partial charge in [0.2, 0.25) is 0 Å². The van der Waals surface area contributed by atoms with Gasteiger partial charge in [0.05, 0.1) is 26.4 Å². The van der Waals surface area contributed by atoms with E-state index < -0.39 is 86.7 Å². The molecule has 14 heteroatoms. The summed E-state index contributed by atoms with van der Waals surface area (Å²) in [7, 11) is 0. The Labute approximate surface area is 396 Å². The summed E-state index contributed by atoms with van der Waals surface area (Å²) in [6, 6.07) is 0. The van der Waals surface area contributed by atoms with Crippen LogP contribution in [0.4, 0.5) is 0 Å². The number of carbonyl (C=O) groups is 1. The maximum Gasteiger partial charge on any atom is 0.306 e. The van der Waals surface area contributed by atoms with Gasteiger partial charge in [0, 0.05) is 13.0 Å². The summed E-state index contributed by atoms with van der Waals surface area (Å²) in [6.45, 7) is 3.45. The van der Waals surface area contributed by atoms with Crippen molar-refractivity contribution in [3.63, 3.8) is 0 Å². The second-order valence-corrected chi connectivity index (χ2v) is 17.3. The van der Waals surface area contributed by atoms with E-state index in [1.807, 2.05) is 6.08 Å². The number of aliphatic hydroxyl groups is 7. The molecule has 2 saturated heterocycles. The maximum atomic E-state index is 13.0. The van der Waals surface area contributed by atoms with Crippen LogP contribution in [0, 0.1) is 0 Å². The normalized spacial score (nSPS) is 26.9. The van der Waals surface area contributed by atoms with Gasteiger partial charge in [-0.3, -0.25) is 4.79 Å². The molecule has 2 aliphatic rings. The Morgan fingerprint density at radius 3 is 1.56 bits per heavy atom. The minimum Gasteiger partial charge on any atom is -0.457 e. The average molecular weight is 937 g/mol. The number of hydrogen-bond donors (Lipinski definition) is 7. The van der Waals surface area contributed by atoms with Crippen LogP contribution in [0.2, 0.25) is 0 Å². The van der Waals surface area contributed by atoms with Gasteiger partial charge < -0.3 is 64.2 Å². The van der Waals surface area contributed by atoms with Crippen LogP contribution in [-0.4, -0.2) is 142 Å². The van der Waals surface area contributed by atoms with E-state index in [-0.39, 0.29) is 19.6 Å². The molecule has 2 fully saturated rings. The van der Waals surface area contributed by atoms with Crippen LogP contribution in [0.1, 0.15) is 149 Å². The molecule has 2 rings (SSSR count). The SMILES string of the molecule is CC/C=C\C/C=C\C/C=C\C/C=C\C/C=C\CCCC(=O)OC(COCCCCCCCC/C=C\CCCCCCC)COC1OC(COC2OC(CO)C(O)C(O)C2O)C(O)C(O)C1O. The van der Waals surface area contributed by atoms with E-state index >= 15 is 0 Å². The molecule has 0 bridgehead atoms. The van der Waals surface area contributed by atoms with Crippen LogP contribution in [-0.2, 0) is 33.2 Å². The number of rotatable bonds is 38. The highest BCUT2D eigenvalue weighted by Gasteiger charge is 2.47. The monoisotopic (exact) mass is 937 g/mol. The molecule has 0 spiro atoms. The zero-order valence-electron chi connectivity index (χ0n) is 40.2. The molecule has 7 N–H and O–H groups in total. The Morgan fingerprint density at radius 1 is 0.515 bits per heavy atom. The van der Waals surface area contributed by atoms with Crippen molar-refractivity contribution in [2.24, 2.45) is 0 Å². The number of ether oxygens (including phenoxy) is 6. The standard InChI is InChI=1S/C52H88O14/c1-3-5-7-9-11-13-15-17-19-20-21-23-25-27-29-31-33-35-44(54)64-41(38-61-36-34-32-30-28-26-24-22-18-16-14-12-10-8-6-4-2)39-62-51-50(60)48(58)46(56)43(66-51)40-63-52-49(59)47(57)45(55)42(37-53)65-52/h5,7,11,13,16-19,21,23,27,29,41-43,45-53,55-60H,3-4,6,8-10,12,14-15,20,22,24-26,28,30-40H2,1-2H3/b7-5-,13-11-,18-16-,19-17-,23-21-,29-27-. The lowest BCUT2D eigenvalue weighted by Gasteiger charge is -2.42. The molecule has 0 aliphatic carbocycles. The first-order chi connectivity index (χ1) is 32.1. The number of carbonyl (C=O) groups excluding carboxylic acids is 1. The minimum atomic E-state index is -1.72. The Hall–Kier alpha value is -2.57. The molecule has 0 radical (unpaired) electrons. The summed E-state index contributed by atoms with van der Waals surface area (Å²) in [5.41, 5.74) is 0. The van der Waals surface area contributed by atoms with Crippen molar-refractivity contribution in [1.82, 2.24) is 0 Å². The Morgan fingerprint density at radius 2 is 0.985 bits per heavy atom. The molecule has 11 atom stereocenters. The van der Waals surface area contributed by atoms with Crippen LogP contribution in [0.15, 0.2) is 72.9 Å². The first-order valence-electron chi connectivity index (χ1n) is 25.0. The molecule has 66 heavy (non-hydrogen) atoms. The summed E-state index contributed by atoms with van der Waals surface area (Å²) in [6.07, 6.45) is 31.1. The summed E-state index contributed by atoms with van der Waals surface area (Å²) in [5.74, 6) is -0.437. The van der Waals surface area contributed by atoms with Gasteiger partial charge in [-0.05, 0) is 77.0 Å². The molecule has 0 saturated carbocycles. The maximum absolute atomic E-state index is 13.0. The van der Waals surface area contributed by atoms with E-state index in [4.69, 9.17) is 28.4 Å². The lowest BCUT2D eigenvalue weighted by Crippen LogP contribution is -2.61.